The smallest absolute Gasteiger partial charge is 0.351 e. The Morgan fingerprint density at radius 1 is 1.46 bits per heavy atom. The van der Waals surface area contributed by atoms with Gasteiger partial charge in [-0.3, -0.25) is 18.9 Å². The fourth-order valence-corrected chi connectivity index (χ4v) is 3.65. The number of H-pyrrole nitrogens is 1. The van der Waals surface area contributed by atoms with E-state index < -0.39 is 62.0 Å². The molecule has 1 aromatic heterocycles. The van der Waals surface area contributed by atoms with Crippen molar-refractivity contribution < 1.29 is 31.9 Å². The average Bonchev–Trinajstić information content (AvgIpc) is 2.78. The normalized spacial score (nSPS) is 28.9. The second-order valence-corrected chi connectivity index (χ2v) is 8.11. The number of ether oxygens (including phenoxy) is 1. The largest absolute Gasteiger partial charge is 0.397 e. The number of nitrogens with one attached hydrogen (secondary N) is 1. The quantitative estimate of drug-likeness (QED) is 0.706. The van der Waals surface area contributed by atoms with Gasteiger partial charge in [0.15, 0.2) is 12.4 Å². The highest BCUT2D eigenvalue weighted by Gasteiger charge is 2.56. The molecule has 1 aromatic rings. The van der Waals surface area contributed by atoms with Gasteiger partial charge in [0.05, 0.1) is 19.1 Å². The Labute approximate surface area is 146 Å². The van der Waals surface area contributed by atoms with Crippen molar-refractivity contribution in [3.05, 3.63) is 32.6 Å². The monoisotopic (exact) mass is 400 g/mol. The summed E-state index contributed by atoms with van der Waals surface area (Å²) in [5.41, 5.74) is -5.65. The zero-order valence-electron chi connectivity index (χ0n) is 14.3. The predicted molar refractivity (Wildman–Crippen MR) is 85.0 cm³/mol. The Bertz CT molecular complexity index is 826. The summed E-state index contributed by atoms with van der Waals surface area (Å²) >= 11 is 0. The van der Waals surface area contributed by atoms with E-state index >= 15 is 0 Å². The number of aromatic nitrogens is 2. The lowest BCUT2D eigenvalue weighted by atomic mass is 9.99. The molecule has 0 aromatic carbocycles. The highest BCUT2D eigenvalue weighted by atomic mass is 31.2. The number of rotatable bonds is 6. The van der Waals surface area contributed by atoms with Crippen LogP contribution in [0.5, 0.6) is 0 Å². The van der Waals surface area contributed by atoms with Crippen molar-refractivity contribution in [1.82, 2.24) is 9.55 Å². The first kappa shape index (κ1) is 20.9. The Kier molecular flexibility index (Phi) is 5.86. The van der Waals surface area contributed by atoms with Crippen molar-refractivity contribution in [2.45, 2.75) is 51.4 Å². The molecule has 1 saturated heterocycles. The molecule has 2 heterocycles. The zero-order chi connectivity index (χ0) is 19.9. The van der Waals surface area contributed by atoms with Gasteiger partial charge in [-0.05, 0) is 13.8 Å². The van der Waals surface area contributed by atoms with E-state index in [0.29, 0.717) is 0 Å². The predicted octanol–water partition coefficient (Wildman–Crippen LogP) is 1.92. The minimum atomic E-state index is -5.26. The summed E-state index contributed by atoms with van der Waals surface area (Å²) in [6, 6.07) is 0. The molecule has 2 N–H and O–H groups in total. The molecule has 8 nitrogen and oxygen atoms in total. The van der Waals surface area contributed by atoms with Crippen molar-refractivity contribution >= 4 is 7.60 Å². The molecule has 0 radical (unpaired) electrons. The summed E-state index contributed by atoms with van der Waals surface area (Å²) in [4.78, 5) is 34.6. The van der Waals surface area contributed by atoms with E-state index in [1.54, 1.807) is 0 Å². The molecule has 1 unspecified atom stereocenters. The molecular formula is C14H20F3N2O6P. The molecule has 5 atom stereocenters. The summed E-state index contributed by atoms with van der Waals surface area (Å²) in [6.07, 6.45) is -5.01. The van der Waals surface area contributed by atoms with Crippen LogP contribution in [0.2, 0.25) is 0 Å². The first-order chi connectivity index (χ1) is 11.9. The summed E-state index contributed by atoms with van der Waals surface area (Å²) in [5, 5.41) is 0. The minimum absolute atomic E-state index is 0.109. The van der Waals surface area contributed by atoms with E-state index in [2.05, 4.69) is 4.52 Å². The van der Waals surface area contributed by atoms with Gasteiger partial charge in [-0.15, -0.1) is 0 Å². The van der Waals surface area contributed by atoms with Crippen LogP contribution in [0.25, 0.3) is 0 Å². The standard InChI is InChI=1S/C14H20F3N2O6P/c1-4-24-26(22,23)14(16,17)5-9-8(3)10(15)12(25-9)19-6-7(2)11(20)18-13(19)21/h6,8-10,12H,4-5H2,1-3H3,(H,22,23)(H,18,20,21)/t8-,9-,10-,12-/m1/s1. The lowest BCUT2D eigenvalue weighted by Crippen LogP contribution is -2.36. The maximum atomic E-state index is 14.6. The molecule has 1 fully saturated rings. The fraction of sp³-hybridized carbons (Fsp3) is 0.714. The van der Waals surface area contributed by atoms with Crippen LogP contribution >= 0.6 is 7.60 Å². The lowest BCUT2D eigenvalue weighted by molar-refractivity contribution is -0.0620. The van der Waals surface area contributed by atoms with Gasteiger partial charge in [0, 0.05) is 17.7 Å². The van der Waals surface area contributed by atoms with Crippen molar-refractivity contribution in [3.8, 4) is 0 Å². The first-order valence-electron chi connectivity index (χ1n) is 7.88. The maximum absolute atomic E-state index is 14.6. The number of aromatic amines is 1. The van der Waals surface area contributed by atoms with Crippen LogP contribution in [-0.2, 0) is 13.8 Å². The number of aryl methyl sites for hydroxylation is 1. The van der Waals surface area contributed by atoms with E-state index in [4.69, 9.17) is 4.74 Å². The number of halogens is 3. The Hall–Kier alpha value is -1.42. The van der Waals surface area contributed by atoms with Crippen LogP contribution < -0.4 is 11.2 Å². The molecular weight excluding hydrogens is 380 g/mol. The van der Waals surface area contributed by atoms with Crippen LogP contribution in [0.3, 0.4) is 0 Å². The molecule has 1 aliphatic heterocycles. The van der Waals surface area contributed by atoms with Crippen molar-refractivity contribution in [2.24, 2.45) is 5.92 Å². The molecule has 148 valence electrons. The van der Waals surface area contributed by atoms with Gasteiger partial charge in [0.1, 0.15) is 0 Å². The Balaban J connectivity index is 2.28. The van der Waals surface area contributed by atoms with Crippen LogP contribution in [0.4, 0.5) is 13.2 Å². The Morgan fingerprint density at radius 3 is 2.65 bits per heavy atom. The van der Waals surface area contributed by atoms with Crippen LogP contribution in [0.15, 0.2) is 15.8 Å². The molecule has 0 bridgehead atoms. The van der Waals surface area contributed by atoms with Crippen LogP contribution in [0, 0.1) is 12.8 Å². The van der Waals surface area contributed by atoms with Crippen molar-refractivity contribution in [1.29, 1.82) is 0 Å². The van der Waals surface area contributed by atoms with Gasteiger partial charge in [0.25, 0.3) is 5.56 Å². The maximum Gasteiger partial charge on any atom is 0.397 e. The van der Waals surface area contributed by atoms with E-state index in [0.717, 1.165) is 10.8 Å². The molecule has 2 rings (SSSR count). The number of hydrogen-bond donors (Lipinski definition) is 2. The van der Waals surface area contributed by atoms with Crippen LogP contribution in [0.1, 0.15) is 32.1 Å². The third kappa shape index (κ3) is 3.80. The average molecular weight is 400 g/mol. The zero-order valence-corrected chi connectivity index (χ0v) is 15.2. The van der Waals surface area contributed by atoms with Gasteiger partial charge < -0.3 is 14.2 Å². The molecule has 12 heteroatoms. The third-order valence-corrected chi connectivity index (χ3v) is 5.88. The summed E-state index contributed by atoms with van der Waals surface area (Å²) in [5.74, 6) is -1.09. The third-order valence-electron chi connectivity index (χ3n) is 4.26. The van der Waals surface area contributed by atoms with E-state index in [1.165, 1.54) is 20.8 Å². The van der Waals surface area contributed by atoms with Gasteiger partial charge in [0.2, 0.25) is 0 Å². The van der Waals surface area contributed by atoms with Crippen molar-refractivity contribution in [3.63, 3.8) is 0 Å². The fourth-order valence-electron chi connectivity index (χ4n) is 2.70. The molecule has 0 amide bonds. The summed E-state index contributed by atoms with van der Waals surface area (Å²) in [6.45, 7) is 3.56. The van der Waals surface area contributed by atoms with Gasteiger partial charge >= 0.3 is 18.9 Å². The molecule has 0 spiro atoms. The summed E-state index contributed by atoms with van der Waals surface area (Å²) < 4.78 is 64.7. The molecule has 26 heavy (non-hydrogen) atoms. The van der Waals surface area contributed by atoms with Gasteiger partial charge in [-0.25, -0.2) is 9.18 Å². The number of hydrogen-bond acceptors (Lipinski definition) is 5. The van der Waals surface area contributed by atoms with Crippen LogP contribution in [-0.4, -0.2) is 39.0 Å². The van der Waals surface area contributed by atoms with Crippen molar-refractivity contribution in [2.75, 3.05) is 6.61 Å². The lowest BCUT2D eigenvalue weighted by Gasteiger charge is -2.25. The summed E-state index contributed by atoms with van der Waals surface area (Å²) in [7, 11) is -5.26. The molecule has 1 aliphatic rings. The van der Waals surface area contributed by atoms with E-state index in [-0.39, 0.29) is 5.56 Å². The van der Waals surface area contributed by atoms with E-state index in [9.17, 15) is 32.2 Å². The Morgan fingerprint density at radius 2 is 2.08 bits per heavy atom. The second kappa shape index (κ2) is 7.30. The van der Waals surface area contributed by atoms with Gasteiger partial charge in [-0.1, -0.05) is 6.92 Å². The molecule has 0 saturated carbocycles. The van der Waals surface area contributed by atoms with Gasteiger partial charge in [-0.2, -0.15) is 8.78 Å². The first-order valence-corrected chi connectivity index (χ1v) is 9.46. The SMILES string of the molecule is CCOP(=O)(O)C(F)(F)C[C@H]1O[C@@H](n2cc(C)c(=O)[nH]c2=O)[C@H](F)[C@@H]1C. The molecule has 0 aliphatic carbocycles. The van der Waals surface area contributed by atoms with E-state index in [1.807, 2.05) is 4.98 Å². The minimum Gasteiger partial charge on any atom is -0.351 e. The second-order valence-electron chi connectivity index (χ2n) is 6.16. The highest BCUT2D eigenvalue weighted by Crippen LogP contribution is 2.60. The topological polar surface area (TPSA) is 111 Å². The highest BCUT2D eigenvalue weighted by molar-refractivity contribution is 7.54. The number of alkyl halides is 3. The number of nitrogens with zero attached hydrogens (tertiary/aromatic N) is 1.